The van der Waals surface area contributed by atoms with Gasteiger partial charge in [-0.1, -0.05) is 11.6 Å². The Bertz CT molecular complexity index is 1070. The molecule has 34 heavy (non-hydrogen) atoms. The highest BCUT2D eigenvalue weighted by atomic mass is 19.4. The number of hydrogen-bond acceptors (Lipinski definition) is 5. The van der Waals surface area contributed by atoms with Crippen molar-refractivity contribution in [2.45, 2.75) is 75.5 Å². The first kappa shape index (κ1) is 23.1. The molecule has 2 unspecified atom stereocenters. The van der Waals surface area contributed by atoms with Crippen LogP contribution in [0.4, 0.5) is 13.2 Å². The molecule has 182 valence electrons. The maximum absolute atomic E-state index is 13.3. The van der Waals surface area contributed by atoms with E-state index in [0.717, 1.165) is 18.6 Å². The molecular formula is C24H28F3N5O2. The highest BCUT2D eigenvalue weighted by molar-refractivity contribution is 5.87. The fourth-order valence-electron chi connectivity index (χ4n) is 6.19. The zero-order chi connectivity index (χ0) is 24.5. The number of likely N-dealkylation sites (tertiary alicyclic amines) is 3. The van der Waals surface area contributed by atoms with Crippen LogP contribution in [-0.4, -0.2) is 69.8 Å². The fourth-order valence-corrected chi connectivity index (χ4v) is 6.19. The Kier molecular flexibility index (Phi) is 5.41. The van der Waals surface area contributed by atoms with Crippen LogP contribution in [0.25, 0.3) is 0 Å². The van der Waals surface area contributed by atoms with Crippen LogP contribution in [0, 0.1) is 24.2 Å². The predicted octanol–water partition coefficient (Wildman–Crippen LogP) is 2.20. The molecule has 0 radical (unpaired) electrons. The molecule has 1 aromatic rings. The first-order chi connectivity index (χ1) is 16.0. The maximum atomic E-state index is 13.3. The molecule has 2 amide bonds. The number of nitrogens with zero attached hydrogens (tertiary/aromatic N) is 4. The molecule has 5 rings (SSSR count). The normalized spacial score (nSPS) is 32.0. The molecule has 0 spiro atoms. The summed E-state index contributed by atoms with van der Waals surface area (Å²) in [5.74, 6) is 0.0212. The number of benzene rings is 1. The number of aryl methyl sites for hydroxylation is 1. The molecule has 4 fully saturated rings. The minimum absolute atomic E-state index is 0.118. The third-order valence-corrected chi connectivity index (χ3v) is 7.90. The van der Waals surface area contributed by atoms with Gasteiger partial charge in [-0.15, -0.1) is 0 Å². The van der Waals surface area contributed by atoms with E-state index in [9.17, 15) is 28.0 Å². The van der Waals surface area contributed by atoms with Crippen LogP contribution in [0.1, 0.15) is 48.9 Å². The summed E-state index contributed by atoms with van der Waals surface area (Å²) in [5, 5.41) is 9.36. The van der Waals surface area contributed by atoms with Gasteiger partial charge in [-0.3, -0.25) is 14.5 Å². The number of hydrogen-bond donors (Lipinski definition) is 1. The van der Waals surface area contributed by atoms with Crippen molar-refractivity contribution >= 4 is 11.8 Å². The van der Waals surface area contributed by atoms with Gasteiger partial charge in [-0.2, -0.15) is 18.4 Å². The summed E-state index contributed by atoms with van der Waals surface area (Å²) in [7, 11) is 0. The molecular weight excluding hydrogens is 447 g/mol. The fraction of sp³-hybridized carbons (Fsp3) is 0.625. The molecule has 3 aliphatic heterocycles. The summed E-state index contributed by atoms with van der Waals surface area (Å²) < 4.78 is 39.9. The second-order valence-electron chi connectivity index (χ2n) is 10.2. The average Bonchev–Trinajstić information content (AvgIpc) is 3.11. The summed E-state index contributed by atoms with van der Waals surface area (Å²) in [4.78, 5) is 31.4. The predicted molar refractivity (Wildman–Crippen MR) is 116 cm³/mol. The number of piperazine rings is 1. The number of fused-ring (bicyclic) bond motifs is 3. The Balaban J connectivity index is 1.26. The minimum atomic E-state index is -4.45. The number of rotatable bonds is 5. The van der Waals surface area contributed by atoms with Crippen LogP contribution < -0.4 is 5.73 Å². The van der Waals surface area contributed by atoms with Gasteiger partial charge in [0, 0.05) is 25.2 Å². The SMILES string of the molecule is Cc1cc([C@H](C)N2C(=O)[C@@H]3CC2CN3C[C@H](N)C(=O)N2[C@H](C#N)CC3C[C@@H]32)cc(C(F)(F)F)c1. The highest BCUT2D eigenvalue weighted by Crippen LogP contribution is 2.48. The second-order valence-corrected chi connectivity index (χ2v) is 10.2. The van der Waals surface area contributed by atoms with Gasteiger partial charge in [0.25, 0.3) is 0 Å². The largest absolute Gasteiger partial charge is 0.416 e. The van der Waals surface area contributed by atoms with E-state index < -0.39 is 35.9 Å². The van der Waals surface area contributed by atoms with Crippen molar-refractivity contribution in [2.75, 3.05) is 13.1 Å². The smallest absolute Gasteiger partial charge is 0.330 e. The lowest BCUT2D eigenvalue weighted by molar-refractivity contribution is -0.141. The summed E-state index contributed by atoms with van der Waals surface area (Å²) in [6.45, 7) is 4.12. The highest BCUT2D eigenvalue weighted by Gasteiger charge is 2.56. The van der Waals surface area contributed by atoms with Crippen LogP contribution in [0.5, 0.6) is 0 Å². The first-order valence-corrected chi connectivity index (χ1v) is 11.7. The molecule has 4 aliphatic rings. The Labute approximate surface area is 196 Å². The number of amides is 2. The van der Waals surface area contributed by atoms with Crippen molar-refractivity contribution in [1.82, 2.24) is 14.7 Å². The van der Waals surface area contributed by atoms with E-state index in [0.29, 0.717) is 36.4 Å². The van der Waals surface area contributed by atoms with Gasteiger partial charge >= 0.3 is 6.18 Å². The molecule has 7 nitrogen and oxygen atoms in total. The van der Waals surface area contributed by atoms with E-state index >= 15 is 0 Å². The van der Waals surface area contributed by atoms with Crippen LogP contribution in [-0.2, 0) is 15.8 Å². The average molecular weight is 476 g/mol. The Hall–Kier alpha value is -2.64. The lowest BCUT2D eigenvalue weighted by Gasteiger charge is -2.39. The van der Waals surface area contributed by atoms with Gasteiger partial charge in [0.15, 0.2) is 0 Å². The maximum Gasteiger partial charge on any atom is 0.416 e. The van der Waals surface area contributed by atoms with Crippen LogP contribution >= 0.6 is 0 Å². The Morgan fingerprint density at radius 3 is 2.65 bits per heavy atom. The van der Waals surface area contributed by atoms with E-state index in [1.807, 2.05) is 4.90 Å². The number of carbonyl (C=O) groups excluding carboxylic acids is 2. The van der Waals surface area contributed by atoms with Gasteiger partial charge in [0.1, 0.15) is 6.04 Å². The minimum Gasteiger partial charge on any atom is -0.330 e. The van der Waals surface area contributed by atoms with Crippen molar-refractivity contribution < 1.29 is 22.8 Å². The van der Waals surface area contributed by atoms with E-state index in [-0.39, 0.29) is 30.4 Å². The van der Waals surface area contributed by atoms with E-state index in [1.54, 1.807) is 29.7 Å². The lowest BCUT2D eigenvalue weighted by Crippen LogP contribution is -2.57. The quantitative estimate of drug-likeness (QED) is 0.705. The summed E-state index contributed by atoms with van der Waals surface area (Å²) in [5.41, 5.74) is 6.48. The lowest BCUT2D eigenvalue weighted by atomic mass is 9.99. The topological polar surface area (TPSA) is 93.7 Å². The van der Waals surface area contributed by atoms with Gasteiger partial charge < -0.3 is 15.5 Å². The number of nitriles is 1. The molecule has 2 N–H and O–H groups in total. The summed E-state index contributed by atoms with van der Waals surface area (Å²) in [6, 6.07) is 3.92. The van der Waals surface area contributed by atoms with E-state index in [1.165, 1.54) is 0 Å². The molecule has 1 aliphatic carbocycles. The summed E-state index contributed by atoms with van der Waals surface area (Å²) in [6.07, 6.45) is -2.26. The van der Waals surface area contributed by atoms with Gasteiger partial charge in [-0.05, 0) is 56.7 Å². The monoisotopic (exact) mass is 475 g/mol. The van der Waals surface area contributed by atoms with Crippen molar-refractivity contribution in [2.24, 2.45) is 11.7 Å². The molecule has 0 aromatic heterocycles. The van der Waals surface area contributed by atoms with E-state index in [2.05, 4.69) is 6.07 Å². The molecule has 1 saturated carbocycles. The third kappa shape index (κ3) is 3.75. The first-order valence-electron chi connectivity index (χ1n) is 11.7. The molecule has 7 atom stereocenters. The number of carbonyl (C=O) groups is 2. The van der Waals surface area contributed by atoms with Crippen molar-refractivity contribution in [3.63, 3.8) is 0 Å². The summed E-state index contributed by atoms with van der Waals surface area (Å²) >= 11 is 0. The second kappa shape index (κ2) is 7.95. The van der Waals surface area contributed by atoms with Crippen molar-refractivity contribution in [1.29, 1.82) is 5.26 Å². The van der Waals surface area contributed by atoms with E-state index in [4.69, 9.17) is 5.73 Å². The van der Waals surface area contributed by atoms with Gasteiger partial charge in [0.05, 0.1) is 29.8 Å². The zero-order valence-corrected chi connectivity index (χ0v) is 19.1. The number of halogens is 3. The molecule has 1 aromatic carbocycles. The molecule has 3 saturated heterocycles. The van der Waals surface area contributed by atoms with Crippen molar-refractivity contribution in [3.8, 4) is 6.07 Å². The van der Waals surface area contributed by atoms with Crippen LogP contribution in [0.15, 0.2) is 18.2 Å². The third-order valence-electron chi connectivity index (χ3n) is 7.90. The number of alkyl halides is 3. The zero-order valence-electron chi connectivity index (χ0n) is 19.1. The standard InChI is InChI=1S/C24H28F3N5O2/c1-12-3-14(5-16(4-12)24(25,26)27)13(2)31-18-8-21(23(31)34)30(10-18)11-19(29)22(33)32-17(9-28)6-15-7-20(15)32/h3-5,13,15,17-21H,6-8,10-11,29H2,1-2H3/t13-,15?,17-,18?,19-,20-,21-/m0/s1. The molecule has 2 bridgehead atoms. The van der Waals surface area contributed by atoms with Gasteiger partial charge in [-0.25, -0.2) is 0 Å². The molecule has 3 heterocycles. The van der Waals surface area contributed by atoms with Crippen LogP contribution in [0.3, 0.4) is 0 Å². The van der Waals surface area contributed by atoms with Crippen molar-refractivity contribution in [3.05, 3.63) is 34.9 Å². The Morgan fingerprint density at radius 2 is 2.00 bits per heavy atom. The van der Waals surface area contributed by atoms with Crippen LogP contribution in [0.2, 0.25) is 0 Å². The Morgan fingerprint density at radius 1 is 1.26 bits per heavy atom. The van der Waals surface area contributed by atoms with Gasteiger partial charge in [0.2, 0.25) is 11.8 Å². The number of piperidine rings is 1. The molecule has 10 heteroatoms. The number of nitrogens with two attached hydrogens (primary N) is 1.